The zero-order valence-corrected chi connectivity index (χ0v) is 19.2. The van der Waals surface area contributed by atoms with Crippen LogP contribution in [0.4, 0.5) is 8.78 Å². The van der Waals surface area contributed by atoms with Crippen LogP contribution in [-0.2, 0) is 4.79 Å². The highest BCUT2D eigenvalue weighted by Crippen LogP contribution is 2.39. The number of ether oxygens (including phenoxy) is 1. The third-order valence-corrected chi connectivity index (χ3v) is 5.85. The molecule has 0 aromatic heterocycles. The van der Waals surface area contributed by atoms with Gasteiger partial charge in [0.15, 0.2) is 0 Å². The van der Waals surface area contributed by atoms with E-state index in [1.165, 1.54) is 12.1 Å². The number of alkyl halides is 2. The number of amides is 1. The zero-order valence-electron chi connectivity index (χ0n) is 18.4. The van der Waals surface area contributed by atoms with Crippen molar-refractivity contribution < 1.29 is 28.2 Å². The summed E-state index contributed by atoms with van der Waals surface area (Å²) in [5.41, 5.74) is -0.234. The van der Waals surface area contributed by atoms with E-state index in [-0.39, 0.29) is 49.6 Å². The van der Waals surface area contributed by atoms with Gasteiger partial charge in [-0.3, -0.25) is 10.1 Å². The van der Waals surface area contributed by atoms with Crippen molar-refractivity contribution in [1.82, 2.24) is 10.6 Å². The van der Waals surface area contributed by atoms with Crippen LogP contribution in [0, 0.1) is 0 Å². The van der Waals surface area contributed by atoms with Crippen LogP contribution in [0.15, 0.2) is 54.6 Å². The van der Waals surface area contributed by atoms with Gasteiger partial charge in [-0.2, -0.15) is 0 Å². The molecule has 0 spiro atoms. The number of halogens is 3. The predicted molar refractivity (Wildman–Crippen MR) is 123 cm³/mol. The highest BCUT2D eigenvalue weighted by Gasteiger charge is 2.47. The van der Waals surface area contributed by atoms with E-state index in [1.54, 1.807) is 19.1 Å². The second kappa shape index (κ2) is 11.4. The number of carbonyl (C=O) groups is 2. The van der Waals surface area contributed by atoms with E-state index in [4.69, 9.17) is 9.84 Å². The topological polar surface area (TPSA) is 87.7 Å². The first kappa shape index (κ1) is 26.5. The maximum atomic E-state index is 13.8. The first-order valence-corrected chi connectivity index (χ1v) is 10.7. The first-order chi connectivity index (χ1) is 15.2. The molecular formula is C24H29ClF2N2O4. The average Bonchev–Trinajstić information content (AvgIpc) is 2.78. The minimum absolute atomic E-state index is 0. The Hall–Kier alpha value is -2.71. The Kier molecular flexibility index (Phi) is 9.19. The molecule has 0 bridgehead atoms. The van der Waals surface area contributed by atoms with Crippen molar-refractivity contribution in [1.29, 1.82) is 0 Å². The summed E-state index contributed by atoms with van der Waals surface area (Å²) in [5, 5.41) is 15.1. The highest BCUT2D eigenvalue weighted by molar-refractivity contribution is 5.88. The van der Waals surface area contributed by atoms with Crippen molar-refractivity contribution >= 4 is 24.3 Å². The van der Waals surface area contributed by atoms with E-state index in [0.717, 1.165) is 5.56 Å². The van der Waals surface area contributed by atoms with E-state index >= 15 is 0 Å². The molecule has 1 amide bonds. The van der Waals surface area contributed by atoms with Crippen LogP contribution in [0.5, 0.6) is 5.75 Å². The maximum absolute atomic E-state index is 13.8. The number of para-hydroxylation sites is 1. The van der Waals surface area contributed by atoms with Gasteiger partial charge < -0.3 is 15.2 Å². The molecule has 0 saturated heterocycles. The lowest BCUT2D eigenvalue weighted by Crippen LogP contribution is -2.60. The number of benzene rings is 2. The summed E-state index contributed by atoms with van der Waals surface area (Å²) in [7, 11) is 0. The SMILES string of the molecule is C[C@H](NC(=O)C1(NCCOc2ccccc2)CCC(F)(F)CC1)c1ccc(C(=O)O)cc1.Cl. The minimum Gasteiger partial charge on any atom is -0.492 e. The number of nitrogens with one attached hydrogen (secondary N) is 2. The largest absolute Gasteiger partial charge is 0.492 e. The highest BCUT2D eigenvalue weighted by atomic mass is 35.5. The van der Waals surface area contributed by atoms with Gasteiger partial charge in [-0.25, -0.2) is 13.6 Å². The van der Waals surface area contributed by atoms with E-state index < -0.39 is 23.5 Å². The number of carboxylic acids is 1. The number of aromatic carboxylic acids is 1. The quantitative estimate of drug-likeness (QED) is 0.455. The monoisotopic (exact) mass is 482 g/mol. The molecule has 2 aromatic carbocycles. The van der Waals surface area contributed by atoms with Gasteiger partial charge in [0.05, 0.1) is 17.1 Å². The lowest BCUT2D eigenvalue weighted by atomic mass is 9.78. The minimum atomic E-state index is -2.77. The first-order valence-electron chi connectivity index (χ1n) is 10.7. The van der Waals surface area contributed by atoms with Crippen LogP contribution in [0.25, 0.3) is 0 Å². The van der Waals surface area contributed by atoms with E-state index in [0.29, 0.717) is 18.9 Å². The van der Waals surface area contributed by atoms with Gasteiger partial charge in [-0.05, 0) is 49.6 Å². The zero-order chi connectivity index (χ0) is 23.2. The van der Waals surface area contributed by atoms with Crippen LogP contribution < -0.4 is 15.4 Å². The number of carboxylic acid groups (broad SMARTS) is 1. The van der Waals surface area contributed by atoms with E-state index in [2.05, 4.69) is 10.6 Å². The lowest BCUT2D eigenvalue weighted by Gasteiger charge is -2.40. The van der Waals surface area contributed by atoms with E-state index in [1.807, 2.05) is 30.3 Å². The molecule has 0 aliphatic heterocycles. The van der Waals surface area contributed by atoms with Crippen molar-refractivity contribution in [2.45, 2.75) is 50.1 Å². The summed E-state index contributed by atoms with van der Waals surface area (Å²) in [6.45, 7) is 2.40. The molecule has 3 rings (SSSR count). The van der Waals surface area contributed by atoms with Crippen molar-refractivity contribution in [3.05, 3.63) is 65.7 Å². The van der Waals surface area contributed by atoms with Crippen LogP contribution in [0.2, 0.25) is 0 Å². The van der Waals surface area contributed by atoms with Crippen molar-refractivity contribution in [2.24, 2.45) is 0 Å². The van der Waals surface area contributed by atoms with Crippen LogP contribution in [0.3, 0.4) is 0 Å². The fourth-order valence-corrected chi connectivity index (χ4v) is 3.84. The smallest absolute Gasteiger partial charge is 0.335 e. The van der Waals surface area contributed by atoms with Crippen LogP contribution >= 0.6 is 12.4 Å². The molecule has 1 aliphatic rings. The Labute approximate surface area is 198 Å². The Bertz CT molecular complexity index is 916. The van der Waals surface area contributed by atoms with Crippen molar-refractivity contribution in [2.75, 3.05) is 13.2 Å². The van der Waals surface area contributed by atoms with Gasteiger partial charge in [-0.15, -0.1) is 12.4 Å². The lowest BCUT2D eigenvalue weighted by molar-refractivity contribution is -0.134. The number of hydrogen-bond donors (Lipinski definition) is 3. The molecule has 0 unspecified atom stereocenters. The molecule has 1 saturated carbocycles. The summed E-state index contributed by atoms with van der Waals surface area (Å²) < 4.78 is 33.3. The molecule has 1 fully saturated rings. The Balaban J connectivity index is 0.00000385. The van der Waals surface area contributed by atoms with Crippen LogP contribution in [-0.4, -0.2) is 41.6 Å². The molecule has 2 aromatic rings. The second-order valence-electron chi connectivity index (χ2n) is 8.15. The summed E-state index contributed by atoms with van der Waals surface area (Å²) >= 11 is 0. The van der Waals surface area contributed by atoms with Gasteiger partial charge in [0, 0.05) is 19.4 Å². The Morgan fingerprint density at radius 1 is 1.03 bits per heavy atom. The van der Waals surface area contributed by atoms with Crippen molar-refractivity contribution in [3.63, 3.8) is 0 Å². The summed E-state index contributed by atoms with van der Waals surface area (Å²) in [6, 6.07) is 15.0. The summed E-state index contributed by atoms with van der Waals surface area (Å²) in [6.07, 6.45) is -0.701. The Morgan fingerprint density at radius 3 is 2.21 bits per heavy atom. The van der Waals surface area contributed by atoms with Gasteiger partial charge in [0.2, 0.25) is 11.8 Å². The molecule has 1 aliphatic carbocycles. The molecule has 33 heavy (non-hydrogen) atoms. The second-order valence-corrected chi connectivity index (χ2v) is 8.15. The fourth-order valence-electron chi connectivity index (χ4n) is 3.84. The number of carbonyl (C=O) groups excluding carboxylic acids is 1. The number of hydrogen-bond acceptors (Lipinski definition) is 4. The number of rotatable bonds is 9. The third-order valence-electron chi connectivity index (χ3n) is 5.85. The van der Waals surface area contributed by atoms with Crippen LogP contribution in [0.1, 0.15) is 54.6 Å². The normalized spacial score (nSPS) is 17.3. The molecular weight excluding hydrogens is 454 g/mol. The molecule has 1 atom stereocenters. The van der Waals surface area contributed by atoms with Gasteiger partial charge in [0.1, 0.15) is 12.4 Å². The van der Waals surface area contributed by atoms with E-state index in [9.17, 15) is 18.4 Å². The Morgan fingerprint density at radius 2 is 1.64 bits per heavy atom. The standard InChI is InChI=1S/C24H28F2N2O4.ClH/c1-17(18-7-9-19(10-8-18)21(29)30)28-22(31)23(11-13-24(25,26)14-12-23)27-15-16-32-20-5-3-2-4-6-20;/h2-10,17,27H,11-16H2,1H3,(H,28,31)(H,29,30);1H/t17-;/m0./s1. The van der Waals surface area contributed by atoms with Gasteiger partial charge in [-0.1, -0.05) is 30.3 Å². The molecule has 180 valence electrons. The molecule has 9 heteroatoms. The third kappa shape index (κ3) is 7.14. The molecule has 0 radical (unpaired) electrons. The molecule has 6 nitrogen and oxygen atoms in total. The van der Waals surface area contributed by atoms with Gasteiger partial charge >= 0.3 is 5.97 Å². The fraction of sp³-hybridized carbons (Fsp3) is 0.417. The van der Waals surface area contributed by atoms with Crippen molar-refractivity contribution in [3.8, 4) is 5.75 Å². The molecule has 0 heterocycles. The summed E-state index contributed by atoms with van der Waals surface area (Å²) in [4.78, 5) is 24.2. The maximum Gasteiger partial charge on any atom is 0.335 e. The summed E-state index contributed by atoms with van der Waals surface area (Å²) in [5.74, 6) is -3.45. The van der Waals surface area contributed by atoms with Gasteiger partial charge in [0.25, 0.3) is 0 Å². The predicted octanol–water partition coefficient (Wildman–Crippen LogP) is 4.60. The molecule has 3 N–H and O–H groups in total. The average molecular weight is 483 g/mol.